The van der Waals surface area contributed by atoms with Gasteiger partial charge in [0.25, 0.3) is 0 Å². The molecule has 1 heterocycles. The number of amides is 1. The Kier molecular flexibility index (Phi) is 2.46. The van der Waals surface area contributed by atoms with Crippen LogP contribution in [0.25, 0.3) is 11.0 Å². The van der Waals surface area contributed by atoms with Gasteiger partial charge < -0.3 is 9.73 Å². The van der Waals surface area contributed by atoms with Crippen molar-refractivity contribution >= 4 is 16.9 Å². The molecular weight excluding hydrogens is 202 g/mol. The van der Waals surface area contributed by atoms with Gasteiger partial charge in [-0.25, -0.2) is 0 Å². The maximum atomic E-state index is 11.1. The Labute approximate surface area is 94.4 Å². The zero-order chi connectivity index (χ0) is 11.8. The molecule has 0 bridgehead atoms. The van der Waals surface area contributed by atoms with Crippen molar-refractivity contribution in [1.82, 2.24) is 5.32 Å². The topological polar surface area (TPSA) is 42.2 Å². The molecule has 0 fully saturated rings. The van der Waals surface area contributed by atoms with E-state index in [2.05, 4.69) is 5.32 Å². The van der Waals surface area contributed by atoms with Gasteiger partial charge in [0, 0.05) is 12.3 Å². The van der Waals surface area contributed by atoms with Gasteiger partial charge in [0.05, 0.1) is 5.54 Å². The van der Waals surface area contributed by atoms with Crippen LogP contribution in [-0.4, -0.2) is 5.91 Å². The molecule has 2 aromatic rings. The summed E-state index contributed by atoms with van der Waals surface area (Å²) in [7, 11) is 0. The van der Waals surface area contributed by atoms with E-state index in [-0.39, 0.29) is 5.91 Å². The summed E-state index contributed by atoms with van der Waals surface area (Å²) in [4.78, 5) is 11.1. The third-order valence-corrected chi connectivity index (χ3v) is 2.53. The van der Waals surface area contributed by atoms with Crippen LogP contribution in [0.1, 0.15) is 26.5 Å². The molecular formula is C13H15NO2. The molecule has 0 saturated heterocycles. The maximum absolute atomic E-state index is 11.1. The molecule has 1 aromatic heterocycles. The molecule has 0 aliphatic heterocycles. The number of rotatable bonds is 2. The first-order valence-electron chi connectivity index (χ1n) is 5.27. The molecule has 0 atom stereocenters. The highest BCUT2D eigenvalue weighted by Crippen LogP contribution is 2.27. The SMILES string of the molecule is CC(=O)NC(C)(C)c1cc2ccccc2o1. The molecule has 1 aromatic carbocycles. The molecule has 16 heavy (non-hydrogen) atoms. The first kappa shape index (κ1) is 10.7. The van der Waals surface area contributed by atoms with Crippen molar-refractivity contribution in [2.45, 2.75) is 26.3 Å². The molecule has 0 aliphatic rings. The number of carbonyl (C=O) groups is 1. The van der Waals surface area contributed by atoms with E-state index in [4.69, 9.17) is 4.42 Å². The van der Waals surface area contributed by atoms with E-state index in [0.717, 1.165) is 16.7 Å². The van der Waals surface area contributed by atoms with Crippen LogP contribution in [0.5, 0.6) is 0 Å². The average Bonchev–Trinajstić information content (AvgIpc) is 2.59. The van der Waals surface area contributed by atoms with Crippen molar-refractivity contribution in [2.75, 3.05) is 0 Å². The van der Waals surface area contributed by atoms with Gasteiger partial charge in [-0.05, 0) is 26.0 Å². The molecule has 84 valence electrons. The molecule has 3 nitrogen and oxygen atoms in total. The normalized spacial score (nSPS) is 11.7. The zero-order valence-corrected chi connectivity index (χ0v) is 9.70. The van der Waals surface area contributed by atoms with Crippen LogP contribution < -0.4 is 5.32 Å². The summed E-state index contributed by atoms with van der Waals surface area (Å²) in [5, 5.41) is 3.92. The summed E-state index contributed by atoms with van der Waals surface area (Å²) in [6, 6.07) is 9.77. The van der Waals surface area contributed by atoms with Gasteiger partial charge in [0.15, 0.2) is 0 Å². The molecule has 2 rings (SSSR count). The second-order valence-electron chi connectivity index (χ2n) is 4.45. The predicted octanol–water partition coefficient (Wildman–Crippen LogP) is 2.80. The van der Waals surface area contributed by atoms with E-state index in [1.54, 1.807) is 0 Å². The third-order valence-electron chi connectivity index (χ3n) is 2.53. The van der Waals surface area contributed by atoms with Crippen molar-refractivity contribution in [3.8, 4) is 0 Å². The molecule has 1 N–H and O–H groups in total. The van der Waals surface area contributed by atoms with Crippen molar-refractivity contribution in [3.05, 3.63) is 36.1 Å². The van der Waals surface area contributed by atoms with Crippen LogP contribution in [0.2, 0.25) is 0 Å². The summed E-state index contributed by atoms with van der Waals surface area (Å²) in [5.74, 6) is 0.703. The molecule has 0 saturated carbocycles. The Balaban J connectivity index is 2.43. The number of nitrogens with one attached hydrogen (secondary N) is 1. The Bertz CT molecular complexity index is 492. The molecule has 0 aliphatic carbocycles. The fourth-order valence-corrected chi connectivity index (χ4v) is 1.79. The molecule has 0 spiro atoms. The van der Waals surface area contributed by atoms with E-state index >= 15 is 0 Å². The summed E-state index contributed by atoms with van der Waals surface area (Å²) in [6.07, 6.45) is 0. The number of hydrogen-bond donors (Lipinski definition) is 1. The average molecular weight is 217 g/mol. The van der Waals surface area contributed by atoms with Crippen molar-refractivity contribution in [1.29, 1.82) is 0 Å². The van der Waals surface area contributed by atoms with Crippen molar-refractivity contribution < 1.29 is 9.21 Å². The van der Waals surface area contributed by atoms with Crippen LogP contribution in [0.4, 0.5) is 0 Å². The lowest BCUT2D eigenvalue weighted by Gasteiger charge is -2.22. The van der Waals surface area contributed by atoms with Gasteiger partial charge >= 0.3 is 0 Å². The lowest BCUT2D eigenvalue weighted by atomic mass is 10.0. The molecule has 3 heteroatoms. The summed E-state index contributed by atoms with van der Waals surface area (Å²) in [6.45, 7) is 5.35. The quantitative estimate of drug-likeness (QED) is 0.840. The molecule has 0 radical (unpaired) electrons. The first-order chi connectivity index (χ1) is 7.49. The largest absolute Gasteiger partial charge is 0.459 e. The van der Waals surface area contributed by atoms with Gasteiger partial charge in [0.2, 0.25) is 5.91 Å². The number of carbonyl (C=O) groups excluding carboxylic acids is 1. The van der Waals surface area contributed by atoms with E-state index in [9.17, 15) is 4.79 Å². The van der Waals surface area contributed by atoms with E-state index in [1.165, 1.54) is 6.92 Å². The minimum atomic E-state index is -0.481. The van der Waals surface area contributed by atoms with Crippen LogP contribution >= 0.6 is 0 Å². The Morgan fingerprint density at radius 3 is 2.62 bits per heavy atom. The number of para-hydroxylation sites is 1. The lowest BCUT2D eigenvalue weighted by molar-refractivity contribution is -0.120. The highest BCUT2D eigenvalue weighted by molar-refractivity contribution is 5.78. The number of hydrogen-bond acceptors (Lipinski definition) is 2. The van der Waals surface area contributed by atoms with Crippen LogP contribution in [0.3, 0.4) is 0 Å². The summed E-state index contributed by atoms with van der Waals surface area (Å²) < 4.78 is 5.72. The number of furan rings is 1. The van der Waals surface area contributed by atoms with Gasteiger partial charge in [-0.3, -0.25) is 4.79 Å². The van der Waals surface area contributed by atoms with Crippen LogP contribution in [-0.2, 0) is 10.3 Å². The summed E-state index contributed by atoms with van der Waals surface area (Å²) in [5.41, 5.74) is 0.362. The standard InChI is InChI=1S/C13H15NO2/c1-9(15)14-13(2,3)12-8-10-6-4-5-7-11(10)16-12/h4-8H,1-3H3,(H,14,15). The number of benzene rings is 1. The lowest BCUT2D eigenvalue weighted by Crippen LogP contribution is -2.39. The van der Waals surface area contributed by atoms with E-state index in [1.807, 2.05) is 44.2 Å². The highest BCUT2D eigenvalue weighted by Gasteiger charge is 2.25. The maximum Gasteiger partial charge on any atom is 0.217 e. The minimum absolute atomic E-state index is 0.0644. The Hall–Kier alpha value is -1.77. The monoisotopic (exact) mass is 217 g/mol. The molecule has 0 unspecified atom stereocenters. The Morgan fingerprint density at radius 1 is 1.31 bits per heavy atom. The second-order valence-corrected chi connectivity index (χ2v) is 4.45. The number of fused-ring (bicyclic) bond motifs is 1. The zero-order valence-electron chi connectivity index (χ0n) is 9.70. The minimum Gasteiger partial charge on any atom is -0.459 e. The first-order valence-corrected chi connectivity index (χ1v) is 5.27. The van der Waals surface area contributed by atoms with Crippen LogP contribution in [0.15, 0.2) is 34.7 Å². The second kappa shape index (κ2) is 3.67. The van der Waals surface area contributed by atoms with Gasteiger partial charge in [-0.1, -0.05) is 18.2 Å². The van der Waals surface area contributed by atoms with E-state index < -0.39 is 5.54 Å². The predicted molar refractivity (Wildman–Crippen MR) is 63.1 cm³/mol. The van der Waals surface area contributed by atoms with Crippen molar-refractivity contribution in [2.24, 2.45) is 0 Å². The van der Waals surface area contributed by atoms with Crippen molar-refractivity contribution in [3.63, 3.8) is 0 Å². The summed E-state index contributed by atoms with van der Waals surface area (Å²) >= 11 is 0. The van der Waals surface area contributed by atoms with Gasteiger partial charge in [-0.15, -0.1) is 0 Å². The van der Waals surface area contributed by atoms with Gasteiger partial charge in [-0.2, -0.15) is 0 Å². The third kappa shape index (κ3) is 1.94. The molecule has 1 amide bonds. The van der Waals surface area contributed by atoms with Crippen LogP contribution in [0, 0.1) is 0 Å². The van der Waals surface area contributed by atoms with E-state index in [0.29, 0.717) is 0 Å². The fraction of sp³-hybridized carbons (Fsp3) is 0.308. The van der Waals surface area contributed by atoms with Gasteiger partial charge in [0.1, 0.15) is 11.3 Å². The Morgan fingerprint density at radius 2 is 2.00 bits per heavy atom. The fourth-order valence-electron chi connectivity index (χ4n) is 1.79. The highest BCUT2D eigenvalue weighted by atomic mass is 16.3. The smallest absolute Gasteiger partial charge is 0.217 e.